The van der Waals surface area contributed by atoms with Crippen LogP contribution in [-0.4, -0.2) is 43.0 Å². The molecule has 2 amide bonds. The molecule has 2 aliphatic heterocycles. The molecular weight excluding hydrogens is 306 g/mol. The zero-order valence-electron chi connectivity index (χ0n) is 14.2. The van der Waals surface area contributed by atoms with E-state index in [4.69, 9.17) is 10.5 Å². The van der Waals surface area contributed by atoms with Gasteiger partial charge in [-0.2, -0.15) is 0 Å². The Morgan fingerprint density at radius 3 is 2.62 bits per heavy atom. The van der Waals surface area contributed by atoms with Gasteiger partial charge in [-0.15, -0.1) is 0 Å². The lowest BCUT2D eigenvalue weighted by atomic mass is 10.1. The molecule has 6 heteroatoms. The zero-order chi connectivity index (χ0) is 17.1. The van der Waals surface area contributed by atoms with Crippen LogP contribution in [0.15, 0.2) is 18.2 Å². The third kappa shape index (κ3) is 3.53. The maximum absolute atomic E-state index is 12.7. The summed E-state index contributed by atoms with van der Waals surface area (Å²) in [5, 5.41) is 0. The number of hydrogen-bond donors (Lipinski definition) is 1. The standard InChI is InChI=1S/C18H25N3O3/c1-13(19)14-6-7-16-15(10-14)21(18(23)12-24-16)11-17(22)20-8-4-2-3-5-9-20/h6-7,10,13H,2-5,8-9,11-12,19H2,1H3/t13-/m0/s1. The second-order valence-corrected chi connectivity index (χ2v) is 6.58. The number of hydrogen-bond acceptors (Lipinski definition) is 4. The number of carbonyl (C=O) groups is 2. The van der Waals surface area contributed by atoms with Crippen LogP contribution in [0, 0.1) is 0 Å². The minimum atomic E-state index is -0.188. The van der Waals surface area contributed by atoms with Crippen molar-refractivity contribution >= 4 is 17.5 Å². The average Bonchev–Trinajstić information content (AvgIpc) is 2.86. The van der Waals surface area contributed by atoms with Crippen LogP contribution in [0.4, 0.5) is 5.69 Å². The predicted molar refractivity (Wildman–Crippen MR) is 91.9 cm³/mol. The number of nitrogens with zero attached hydrogens (tertiary/aromatic N) is 2. The molecule has 0 aliphatic carbocycles. The van der Waals surface area contributed by atoms with E-state index in [1.165, 1.54) is 17.7 Å². The fraction of sp³-hybridized carbons (Fsp3) is 0.556. The summed E-state index contributed by atoms with van der Waals surface area (Å²) in [6, 6.07) is 5.43. The Hall–Kier alpha value is -2.08. The largest absolute Gasteiger partial charge is 0.482 e. The van der Waals surface area contributed by atoms with Crippen LogP contribution in [0.25, 0.3) is 0 Å². The molecule has 1 aromatic rings. The van der Waals surface area contributed by atoms with Crippen molar-refractivity contribution in [1.29, 1.82) is 0 Å². The van der Waals surface area contributed by atoms with E-state index in [-0.39, 0.29) is 31.0 Å². The molecule has 0 aromatic heterocycles. The number of nitrogens with two attached hydrogens (primary N) is 1. The first-order valence-corrected chi connectivity index (χ1v) is 8.67. The monoisotopic (exact) mass is 331 g/mol. The van der Waals surface area contributed by atoms with Crippen LogP contribution in [-0.2, 0) is 9.59 Å². The molecule has 2 aliphatic rings. The second kappa shape index (κ2) is 7.21. The summed E-state index contributed by atoms with van der Waals surface area (Å²) < 4.78 is 5.49. The lowest BCUT2D eigenvalue weighted by Crippen LogP contribution is -2.46. The van der Waals surface area contributed by atoms with Crippen LogP contribution in [0.5, 0.6) is 5.75 Å². The van der Waals surface area contributed by atoms with Crippen LogP contribution in [0.2, 0.25) is 0 Å². The molecule has 1 aromatic carbocycles. The van der Waals surface area contributed by atoms with Gasteiger partial charge in [0.2, 0.25) is 5.91 Å². The first kappa shape index (κ1) is 16.8. The molecular formula is C18H25N3O3. The molecule has 6 nitrogen and oxygen atoms in total. The Balaban J connectivity index is 1.81. The molecule has 2 heterocycles. The summed E-state index contributed by atoms with van der Waals surface area (Å²) in [6.45, 7) is 3.49. The molecule has 130 valence electrons. The molecule has 1 atom stereocenters. The maximum atomic E-state index is 12.7. The normalized spacial score (nSPS) is 19.3. The van der Waals surface area contributed by atoms with Crippen molar-refractivity contribution in [2.24, 2.45) is 5.73 Å². The fourth-order valence-electron chi connectivity index (χ4n) is 3.23. The van der Waals surface area contributed by atoms with E-state index in [0.29, 0.717) is 11.4 Å². The average molecular weight is 331 g/mol. The molecule has 0 radical (unpaired) electrons. The number of anilines is 1. The Kier molecular flexibility index (Phi) is 5.04. The van der Waals surface area contributed by atoms with Crippen LogP contribution in [0.3, 0.4) is 0 Å². The van der Waals surface area contributed by atoms with Crippen molar-refractivity contribution in [1.82, 2.24) is 4.90 Å². The van der Waals surface area contributed by atoms with Gasteiger partial charge in [-0.25, -0.2) is 0 Å². The van der Waals surface area contributed by atoms with E-state index in [1.54, 1.807) is 0 Å². The first-order chi connectivity index (χ1) is 11.6. The van der Waals surface area contributed by atoms with Crippen molar-refractivity contribution in [2.75, 3.05) is 31.1 Å². The number of rotatable bonds is 3. The summed E-state index contributed by atoms with van der Waals surface area (Å²) in [4.78, 5) is 28.4. The number of likely N-dealkylation sites (tertiary alicyclic amines) is 1. The highest BCUT2D eigenvalue weighted by atomic mass is 16.5. The van der Waals surface area contributed by atoms with Crippen molar-refractivity contribution < 1.29 is 14.3 Å². The van der Waals surface area contributed by atoms with Gasteiger partial charge in [0.15, 0.2) is 6.61 Å². The Bertz CT molecular complexity index is 622. The Labute approximate surface area is 142 Å². The van der Waals surface area contributed by atoms with Crippen LogP contribution >= 0.6 is 0 Å². The van der Waals surface area contributed by atoms with Gasteiger partial charge in [0.25, 0.3) is 5.91 Å². The quantitative estimate of drug-likeness (QED) is 0.917. The minimum absolute atomic E-state index is 0.00398. The van der Waals surface area contributed by atoms with Gasteiger partial charge in [0.05, 0.1) is 5.69 Å². The Morgan fingerprint density at radius 2 is 1.96 bits per heavy atom. The SMILES string of the molecule is C[C@H](N)c1ccc2c(c1)N(CC(=O)N1CCCCCC1)C(=O)CO2. The van der Waals surface area contributed by atoms with Gasteiger partial charge >= 0.3 is 0 Å². The van der Waals surface area contributed by atoms with Crippen LogP contribution < -0.4 is 15.4 Å². The molecule has 1 fully saturated rings. The third-order valence-corrected chi connectivity index (χ3v) is 4.70. The number of benzene rings is 1. The zero-order valence-corrected chi connectivity index (χ0v) is 14.2. The van der Waals surface area contributed by atoms with E-state index >= 15 is 0 Å². The smallest absolute Gasteiger partial charge is 0.265 e. The molecule has 0 saturated carbocycles. The van der Waals surface area contributed by atoms with E-state index in [9.17, 15) is 9.59 Å². The number of amides is 2. The molecule has 0 unspecified atom stereocenters. The highest BCUT2D eigenvalue weighted by Crippen LogP contribution is 2.34. The lowest BCUT2D eigenvalue weighted by molar-refractivity contribution is -0.132. The molecule has 3 rings (SSSR count). The third-order valence-electron chi connectivity index (χ3n) is 4.70. The van der Waals surface area contributed by atoms with Crippen molar-refractivity contribution in [3.63, 3.8) is 0 Å². The molecule has 2 N–H and O–H groups in total. The molecule has 1 saturated heterocycles. The molecule has 0 spiro atoms. The van der Waals surface area contributed by atoms with E-state index in [0.717, 1.165) is 31.5 Å². The van der Waals surface area contributed by atoms with Gasteiger partial charge in [0, 0.05) is 19.1 Å². The lowest BCUT2D eigenvalue weighted by Gasteiger charge is -2.31. The number of fused-ring (bicyclic) bond motifs is 1. The maximum Gasteiger partial charge on any atom is 0.265 e. The second-order valence-electron chi connectivity index (χ2n) is 6.58. The minimum Gasteiger partial charge on any atom is -0.482 e. The highest BCUT2D eigenvalue weighted by molar-refractivity contribution is 6.02. The van der Waals surface area contributed by atoms with Gasteiger partial charge in [-0.3, -0.25) is 14.5 Å². The van der Waals surface area contributed by atoms with E-state index in [1.807, 2.05) is 30.0 Å². The highest BCUT2D eigenvalue weighted by Gasteiger charge is 2.29. The van der Waals surface area contributed by atoms with Crippen molar-refractivity contribution in [2.45, 2.75) is 38.6 Å². The van der Waals surface area contributed by atoms with Gasteiger partial charge in [-0.1, -0.05) is 18.9 Å². The van der Waals surface area contributed by atoms with E-state index < -0.39 is 0 Å². The topological polar surface area (TPSA) is 75.9 Å². The predicted octanol–water partition coefficient (Wildman–Crippen LogP) is 1.83. The van der Waals surface area contributed by atoms with Gasteiger partial charge in [-0.05, 0) is 37.5 Å². The summed E-state index contributed by atoms with van der Waals surface area (Å²) in [7, 11) is 0. The van der Waals surface area contributed by atoms with Crippen molar-refractivity contribution in [3.05, 3.63) is 23.8 Å². The van der Waals surface area contributed by atoms with Crippen molar-refractivity contribution in [3.8, 4) is 5.75 Å². The summed E-state index contributed by atoms with van der Waals surface area (Å²) >= 11 is 0. The van der Waals surface area contributed by atoms with Crippen LogP contribution in [0.1, 0.15) is 44.2 Å². The van der Waals surface area contributed by atoms with Gasteiger partial charge < -0.3 is 15.4 Å². The molecule has 24 heavy (non-hydrogen) atoms. The van der Waals surface area contributed by atoms with E-state index in [2.05, 4.69) is 0 Å². The summed E-state index contributed by atoms with van der Waals surface area (Å²) in [6.07, 6.45) is 4.41. The van der Waals surface area contributed by atoms with Gasteiger partial charge in [0.1, 0.15) is 12.3 Å². The number of ether oxygens (including phenoxy) is 1. The first-order valence-electron chi connectivity index (χ1n) is 8.67. The Morgan fingerprint density at radius 1 is 1.25 bits per heavy atom. The fourth-order valence-corrected chi connectivity index (χ4v) is 3.23. The molecule has 0 bridgehead atoms. The summed E-state index contributed by atoms with van der Waals surface area (Å²) in [5.74, 6) is 0.444. The summed E-state index contributed by atoms with van der Waals surface area (Å²) in [5.41, 5.74) is 7.50. The number of carbonyl (C=O) groups excluding carboxylic acids is 2.